The molecule has 0 aromatic carbocycles. The van der Waals surface area contributed by atoms with E-state index in [1.165, 1.54) is 0 Å². The number of nitrogens with zero attached hydrogens (tertiary/aromatic N) is 1. The fourth-order valence-corrected chi connectivity index (χ4v) is 1.84. The van der Waals surface area contributed by atoms with Crippen molar-refractivity contribution < 1.29 is 9.59 Å². The predicted octanol–water partition coefficient (Wildman–Crippen LogP) is 1.20. The van der Waals surface area contributed by atoms with Crippen molar-refractivity contribution in [2.75, 3.05) is 11.9 Å². The molecule has 2 heterocycles. The van der Waals surface area contributed by atoms with Crippen LogP contribution in [0.25, 0.3) is 0 Å². The van der Waals surface area contributed by atoms with Crippen LogP contribution in [0.3, 0.4) is 0 Å². The van der Waals surface area contributed by atoms with Crippen LogP contribution in [0, 0.1) is 5.92 Å². The summed E-state index contributed by atoms with van der Waals surface area (Å²) in [5, 5.41) is 5.64. The van der Waals surface area contributed by atoms with Gasteiger partial charge in [-0.3, -0.25) is 9.59 Å². The molecule has 1 fully saturated rings. The number of piperidine rings is 1. The van der Waals surface area contributed by atoms with E-state index in [1.54, 1.807) is 18.3 Å². The van der Waals surface area contributed by atoms with E-state index >= 15 is 0 Å². The molecule has 0 saturated carbocycles. The predicted molar refractivity (Wildman–Crippen MR) is 63.6 cm³/mol. The van der Waals surface area contributed by atoms with Gasteiger partial charge in [0.15, 0.2) is 5.15 Å². The number of carbonyl (C=O) groups excluding carboxylic acids is 2. The van der Waals surface area contributed by atoms with Crippen molar-refractivity contribution in [3.8, 4) is 0 Å². The van der Waals surface area contributed by atoms with Crippen LogP contribution in [0.15, 0.2) is 18.3 Å². The molecule has 90 valence electrons. The zero-order valence-corrected chi connectivity index (χ0v) is 9.83. The summed E-state index contributed by atoms with van der Waals surface area (Å²) >= 11 is 5.83. The Bertz CT molecular complexity index is 440. The third-order valence-corrected chi connectivity index (χ3v) is 2.95. The Kier molecular flexibility index (Phi) is 3.58. The molecule has 1 aliphatic rings. The van der Waals surface area contributed by atoms with Gasteiger partial charge in [-0.1, -0.05) is 11.6 Å². The van der Waals surface area contributed by atoms with Crippen molar-refractivity contribution in [3.05, 3.63) is 23.5 Å². The minimum Gasteiger partial charge on any atom is -0.355 e. The lowest BCUT2D eigenvalue weighted by atomic mass is 9.98. The van der Waals surface area contributed by atoms with Crippen molar-refractivity contribution in [2.24, 2.45) is 5.92 Å². The highest BCUT2D eigenvalue weighted by atomic mass is 35.5. The minimum atomic E-state index is -0.205. The second-order valence-corrected chi connectivity index (χ2v) is 4.23. The molecule has 1 unspecified atom stereocenters. The Hall–Kier alpha value is -1.62. The van der Waals surface area contributed by atoms with Crippen molar-refractivity contribution in [2.45, 2.75) is 12.8 Å². The van der Waals surface area contributed by atoms with Gasteiger partial charge in [-0.15, -0.1) is 0 Å². The van der Waals surface area contributed by atoms with E-state index in [4.69, 9.17) is 11.6 Å². The molecule has 0 spiro atoms. The Morgan fingerprint density at radius 2 is 2.41 bits per heavy atom. The number of aromatic nitrogens is 1. The summed E-state index contributed by atoms with van der Waals surface area (Å²) in [7, 11) is 0. The maximum atomic E-state index is 11.9. The van der Waals surface area contributed by atoms with Crippen molar-refractivity contribution in [1.29, 1.82) is 0 Å². The van der Waals surface area contributed by atoms with Crippen LogP contribution in [0.4, 0.5) is 5.69 Å². The molecule has 0 radical (unpaired) electrons. The van der Waals surface area contributed by atoms with Crippen LogP contribution >= 0.6 is 11.6 Å². The number of halogens is 1. The van der Waals surface area contributed by atoms with Gasteiger partial charge < -0.3 is 10.6 Å². The van der Waals surface area contributed by atoms with E-state index < -0.39 is 0 Å². The number of carbonyl (C=O) groups is 2. The summed E-state index contributed by atoms with van der Waals surface area (Å²) in [5.74, 6) is -0.350. The van der Waals surface area contributed by atoms with Crippen molar-refractivity contribution in [1.82, 2.24) is 10.3 Å². The first kappa shape index (κ1) is 11.9. The monoisotopic (exact) mass is 253 g/mol. The standard InChI is InChI=1S/C11H12ClN3O2/c12-10-8(2-1-5-13-10)15-11(17)7-3-4-9(16)14-6-7/h1-2,5,7H,3-4,6H2,(H,14,16)(H,15,17). The number of hydrogen-bond donors (Lipinski definition) is 2. The quantitative estimate of drug-likeness (QED) is 0.778. The lowest BCUT2D eigenvalue weighted by Crippen LogP contribution is -2.40. The Labute approximate surface area is 104 Å². The molecule has 1 aromatic heterocycles. The van der Waals surface area contributed by atoms with Gasteiger partial charge in [0, 0.05) is 19.2 Å². The Balaban J connectivity index is 1.98. The lowest BCUT2D eigenvalue weighted by Gasteiger charge is -2.21. The Morgan fingerprint density at radius 1 is 1.59 bits per heavy atom. The molecule has 1 atom stereocenters. The van der Waals surface area contributed by atoms with Crippen molar-refractivity contribution >= 4 is 29.1 Å². The largest absolute Gasteiger partial charge is 0.355 e. The minimum absolute atomic E-state index is 0.00606. The fourth-order valence-electron chi connectivity index (χ4n) is 1.67. The van der Waals surface area contributed by atoms with E-state index in [0.717, 1.165) is 0 Å². The van der Waals surface area contributed by atoms with E-state index in [-0.39, 0.29) is 22.9 Å². The second-order valence-electron chi connectivity index (χ2n) is 3.87. The smallest absolute Gasteiger partial charge is 0.229 e. The van der Waals surface area contributed by atoms with Gasteiger partial charge in [0.1, 0.15) is 0 Å². The summed E-state index contributed by atoms with van der Waals surface area (Å²) in [6.07, 6.45) is 2.51. The first-order valence-electron chi connectivity index (χ1n) is 5.35. The third kappa shape index (κ3) is 2.94. The molecule has 0 aliphatic carbocycles. The van der Waals surface area contributed by atoms with Crippen LogP contribution in [-0.2, 0) is 9.59 Å². The van der Waals surface area contributed by atoms with Gasteiger partial charge >= 0.3 is 0 Å². The van der Waals surface area contributed by atoms with Gasteiger partial charge in [-0.25, -0.2) is 4.98 Å². The zero-order valence-electron chi connectivity index (χ0n) is 9.07. The van der Waals surface area contributed by atoms with E-state index in [1.807, 2.05) is 0 Å². The highest BCUT2D eigenvalue weighted by Gasteiger charge is 2.24. The van der Waals surface area contributed by atoms with Crippen LogP contribution in [0.5, 0.6) is 0 Å². The van der Waals surface area contributed by atoms with E-state index in [0.29, 0.717) is 25.1 Å². The second kappa shape index (κ2) is 5.14. The molecule has 1 aromatic rings. The molecular formula is C11H12ClN3O2. The van der Waals surface area contributed by atoms with Crippen LogP contribution in [0.2, 0.25) is 5.15 Å². The van der Waals surface area contributed by atoms with Gasteiger partial charge in [-0.05, 0) is 18.6 Å². The fraction of sp³-hybridized carbons (Fsp3) is 0.364. The molecule has 2 rings (SSSR count). The van der Waals surface area contributed by atoms with E-state index in [2.05, 4.69) is 15.6 Å². The number of nitrogens with one attached hydrogen (secondary N) is 2. The molecule has 5 nitrogen and oxygen atoms in total. The van der Waals surface area contributed by atoms with Gasteiger partial charge in [0.2, 0.25) is 11.8 Å². The first-order valence-corrected chi connectivity index (χ1v) is 5.72. The molecule has 0 bridgehead atoms. The number of pyridine rings is 1. The topological polar surface area (TPSA) is 71.1 Å². The lowest BCUT2D eigenvalue weighted by molar-refractivity contribution is -0.126. The first-order chi connectivity index (χ1) is 8.16. The average Bonchev–Trinajstić information content (AvgIpc) is 2.33. The zero-order chi connectivity index (χ0) is 12.3. The number of hydrogen-bond acceptors (Lipinski definition) is 3. The molecule has 6 heteroatoms. The maximum absolute atomic E-state index is 11.9. The summed E-state index contributed by atoms with van der Waals surface area (Å²) < 4.78 is 0. The summed E-state index contributed by atoms with van der Waals surface area (Å²) in [6, 6.07) is 3.39. The van der Waals surface area contributed by atoms with E-state index in [9.17, 15) is 9.59 Å². The molecule has 1 saturated heterocycles. The average molecular weight is 254 g/mol. The van der Waals surface area contributed by atoms with Gasteiger partial charge in [0.25, 0.3) is 0 Å². The number of rotatable bonds is 2. The molecular weight excluding hydrogens is 242 g/mol. The van der Waals surface area contributed by atoms with Crippen LogP contribution in [0.1, 0.15) is 12.8 Å². The summed E-state index contributed by atoms with van der Waals surface area (Å²) in [4.78, 5) is 26.7. The highest BCUT2D eigenvalue weighted by Crippen LogP contribution is 2.20. The van der Waals surface area contributed by atoms with Crippen LogP contribution < -0.4 is 10.6 Å². The van der Waals surface area contributed by atoms with Crippen molar-refractivity contribution in [3.63, 3.8) is 0 Å². The van der Waals surface area contributed by atoms with Gasteiger partial charge in [0.05, 0.1) is 11.6 Å². The maximum Gasteiger partial charge on any atom is 0.229 e. The normalized spacial score (nSPS) is 19.6. The summed E-state index contributed by atoms with van der Waals surface area (Å²) in [6.45, 7) is 0.378. The molecule has 2 amide bonds. The number of amides is 2. The Morgan fingerprint density at radius 3 is 3.06 bits per heavy atom. The highest BCUT2D eigenvalue weighted by molar-refractivity contribution is 6.32. The number of anilines is 1. The molecule has 2 N–H and O–H groups in total. The molecule has 17 heavy (non-hydrogen) atoms. The molecule has 1 aliphatic heterocycles. The third-order valence-electron chi connectivity index (χ3n) is 2.65. The summed E-state index contributed by atoms with van der Waals surface area (Å²) in [5.41, 5.74) is 0.496. The van der Waals surface area contributed by atoms with Crippen LogP contribution in [-0.4, -0.2) is 23.3 Å². The SMILES string of the molecule is O=C1CCC(C(=O)Nc2cccnc2Cl)CN1. The van der Waals surface area contributed by atoms with Gasteiger partial charge in [-0.2, -0.15) is 0 Å².